The van der Waals surface area contributed by atoms with Crippen LogP contribution in [0, 0.1) is 5.82 Å². The lowest BCUT2D eigenvalue weighted by Gasteiger charge is -2.36. The van der Waals surface area contributed by atoms with E-state index < -0.39 is 0 Å². The highest BCUT2D eigenvalue weighted by Gasteiger charge is 2.27. The van der Waals surface area contributed by atoms with E-state index in [1.54, 1.807) is 23.1 Å². The Bertz CT molecular complexity index is 1190. The summed E-state index contributed by atoms with van der Waals surface area (Å²) in [4.78, 5) is 36.7. The summed E-state index contributed by atoms with van der Waals surface area (Å²) in [5, 5.41) is 0.782. The molecule has 3 aromatic rings. The van der Waals surface area contributed by atoms with E-state index in [9.17, 15) is 14.0 Å². The van der Waals surface area contributed by atoms with Crippen molar-refractivity contribution >= 4 is 22.7 Å². The molecule has 0 bridgehead atoms. The highest BCUT2D eigenvalue weighted by atomic mass is 19.1. The van der Waals surface area contributed by atoms with Crippen molar-refractivity contribution in [1.82, 2.24) is 19.7 Å². The number of carbonyl (C=O) groups is 2. The minimum Gasteiger partial charge on any atom is -0.379 e. The fourth-order valence-electron chi connectivity index (χ4n) is 4.50. The summed E-state index contributed by atoms with van der Waals surface area (Å²) >= 11 is 0. The van der Waals surface area contributed by atoms with Crippen molar-refractivity contribution in [2.45, 2.75) is 0 Å². The van der Waals surface area contributed by atoms with Gasteiger partial charge in [0.1, 0.15) is 5.82 Å². The van der Waals surface area contributed by atoms with Crippen LogP contribution < -0.4 is 0 Å². The van der Waals surface area contributed by atoms with Gasteiger partial charge in [-0.15, -0.1) is 0 Å². The molecule has 0 N–H and O–H groups in total. The van der Waals surface area contributed by atoms with Gasteiger partial charge in [-0.3, -0.25) is 14.5 Å². The number of pyridine rings is 1. The molecule has 3 heterocycles. The number of halogens is 1. The Morgan fingerprint density at radius 1 is 0.882 bits per heavy atom. The van der Waals surface area contributed by atoms with Gasteiger partial charge in [0.05, 0.1) is 36.5 Å². The van der Waals surface area contributed by atoms with Crippen LogP contribution in [0.1, 0.15) is 10.4 Å². The van der Waals surface area contributed by atoms with Gasteiger partial charge in [0.15, 0.2) is 0 Å². The molecule has 0 radical (unpaired) electrons. The van der Waals surface area contributed by atoms with E-state index in [0.29, 0.717) is 62.7 Å². The SMILES string of the molecule is O=C(CN1CCOCC1)N1CCN(C(=O)c2cc(-c3ccc(F)cc3)nc3ccccc23)CC1. The lowest BCUT2D eigenvalue weighted by molar-refractivity contribution is -0.134. The van der Waals surface area contributed by atoms with Crippen LogP contribution in [0.25, 0.3) is 22.2 Å². The van der Waals surface area contributed by atoms with Gasteiger partial charge in [0.25, 0.3) is 5.91 Å². The van der Waals surface area contributed by atoms with Crippen molar-refractivity contribution in [3.8, 4) is 11.3 Å². The van der Waals surface area contributed by atoms with E-state index in [0.717, 1.165) is 24.0 Å². The zero-order chi connectivity index (χ0) is 23.5. The van der Waals surface area contributed by atoms with Gasteiger partial charge in [-0.2, -0.15) is 0 Å². The van der Waals surface area contributed by atoms with Crippen molar-refractivity contribution < 1.29 is 18.7 Å². The first kappa shape index (κ1) is 22.4. The Morgan fingerprint density at radius 2 is 1.56 bits per heavy atom. The predicted octanol–water partition coefficient (Wildman–Crippen LogP) is 2.66. The smallest absolute Gasteiger partial charge is 0.254 e. The number of nitrogens with zero attached hydrogens (tertiary/aromatic N) is 4. The molecule has 176 valence electrons. The molecule has 0 aliphatic carbocycles. The van der Waals surface area contributed by atoms with E-state index in [1.165, 1.54) is 12.1 Å². The van der Waals surface area contributed by atoms with Crippen LogP contribution >= 0.6 is 0 Å². The minimum absolute atomic E-state index is 0.0813. The maximum atomic E-state index is 13.6. The first-order chi connectivity index (χ1) is 16.6. The number of piperazine rings is 1. The van der Waals surface area contributed by atoms with Gasteiger partial charge in [0.2, 0.25) is 5.91 Å². The van der Waals surface area contributed by atoms with Crippen LogP contribution in [0.15, 0.2) is 54.6 Å². The Labute approximate surface area is 197 Å². The van der Waals surface area contributed by atoms with Crippen LogP contribution in [-0.4, -0.2) is 90.5 Å². The topological polar surface area (TPSA) is 66.0 Å². The van der Waals surface area contributed by atoms with Crippen molar-refractivity contribution in [3.63, 3.8) is 0 Å². The lowest BCUT2D eigenvalue weighted by Crippen LogP contribution is -2.53. The molecule has 0 spiro atoms. The molecule has 2 aromatic carbocycles. The molecule has 2 amide bonds. The average molecular weight is 463 g/mol. The van der Waals surface area contributed by atoms with Gasteiger partial charge in [-0.1, -0.05) is 18.2 Å². The lowest BCUT2D eigenvalue weighted by atomic mass is 10.0. The summed E-state index contributed by atoms with van der Waals surface area (Å²) in [7, 11) is 0. The molecule has 1 aromatic heterocycles. The third kappa shape index (κ3) is 4.78. The first-order valence-electron chi connectivity index (χ1n) is 11.6. The van der Waals surface area contributed by atoms with Crippen LogP contribution in [0.5, 0.6) is 0 Å². The highest BCUT2D eigenvalue weighted by Crippen LogP contribution is 2.26. The second kappa shape index (κ2) is 9.87. The second-order valence-corrected chi connectivity index (χ2v) is 8.64. The summed E-state index contributed by atoms with van der Waals surface area (Å²) in [6.07, 6.45) is 0. The molecule has 0 unspecified atom stereocenters. The Balaban J connectivity index is 1.32. The maximum Gasteiger partial charge on any atom is 0.254 e. The molecule has 7 nitrogen and oxygen atoms in total. The Kier molecular flexibility index (Phi) is 6.51. The minimum atomic E-state index is -0.318. The van der Waals surface area contributed by atoms with E-state index in [-0.39, 0.29) is 17.6 Å². The number of carbonyl (C=O) groups excluding carboxylic acids is 2. The zero-order valence-corrected chi connectivity index (χ0v) is 19.0. The fourth-order valence-corrected chi connectivity index (χ4v) is 4.50. The maximum absolute atomic E-state index is 13.6. The number of hydrogen-bond acceptors (Lipinski definition) is 5. The molecule has 2 fully saturated rings. The molecule has 0 saturated carbocycles. The van der Waals surface area contributed by atoms with Gasteiger partial charge >= 0.3 is 0 Å². The number of rotatable bonds is 4. The summed E-state index contributed by atoms with van der Waals surface area (Å²) in [5.74, 6) is -0.300. The van der Waals surface area contributed by atoms with Crippen LogP contribution in [0.3, 0.4) is 0 Å². The zero-order valence-electron chi connectivity index (χ0n) is 19.0. The standard InChI is InChI=1S/C26H27FN4O3/c27-20-7-5-19(6-8-20)24-17-22(21-3-1-2-4-23(21)28-24)26(33)31-11-9-30(10-12-31)25(32)18-29-13-15-34-16-14-29/h1-8,17H,9-16,18H2. The number of para-hydroxylation sites is 1. The monoisotopic (exact) mass is 462 g/mol. The Morgan fingerprint density at radius 3 is 2.29 bits per heavy atom. The Hall–Kier alpha value is -3.36. The molecule has 34 heavy (non-hydrogen) atoms. The molecule has 2 aliphatic heterocycles. The van der Waals surface area contributed by atoms with Gasteiger partial charge in [0, 0.05) is 50.2 Å². The number of morpholine rings is 1. The van der Waals surface area contributed by atoms with Crippen molar-refractivity contribution in [1.29, 1.82) is 0 Å². The van der Waals surface area contributed by atoms with E-state index in [2.05, 4.69) is 4.90 Å². The van der Waals surface area contributed by atoms with Gasteiger partial charge in [-0.25, -0.2) is 9.37 Å². The quantitative estimate of drug-likeness (QED) is 0.597. The number of ether oxygens (including phenoxy) is 1. The molecule has 2 saturated heterocycles. The number of hydrogen-bond donors (Lipinski definition) is 0. The second-order valence-electron chi connectivity index (χ2n) is 8.64. The highest BCUT2D eigenvalue weighted by molar-refractivity contribution is 6.07. The van der Waals surface area contributed by atoms with Gasteiger partial charge in [-0.05, 0) is 36.4 Å². The molecule has 8 heteroatoms. The normalized spacial score (nSPS) is 17.2. The van der Waals surface area contributed by atoms with Crippen LogP contribution in [0.2, 0.25) is 0 Å². The molecular weight excluding hydrogens is 435 g/mol. The average Bonchev–Trinajstić information content (AvgIpc) is 2.89. The molecule has 2 aliphatic rings. The van der Waals surface area contributed by atoms with Crippen LogP contribution in [0.4, 0.5) is 4.39 Å². The summed E-state index contributed by atoms with van der Waals surface area (Å²) < 4.78 is 18.8. The van der Waals surface area contributed by atoms with Crippen molar-refractivity contribution in [2.24, 2.45) is 0 Å². The third-order valence-electron chi connectivity index (χ3n) is 6.47. The van der Waals surface area contributed by atoms with E-state index in [1.807, 2.05) is 29.2 Å². The summed E-state index contributed by atoms with van der Waals surface area (Å²) in [6.45, 7) is 5.27. The summed E-state index contributed by atoms with van der Waals surface area (Å²) in [6, 6.07) is 15.4. The van der Waals surface area contributed by atoms with E-state index in [4.69, 9.17) is 9.72 Å². The third-order valence-corrected chi connectivity index (χ3v) is 6.47. The molecule has 5 rings (SSSR count). The molecular formula is C26H27FN4O3. The number of fused-ring (bicyclic) bond motifs is 1. The number of amides is 2. The largest absolute Gasteiger partial charge is 0.379 e. The van der Waals surface area contributed by atoms with Crippen molar-refractivity contribution in [2.75, 3.05) is 59.0 Å². The fraction of sp³-hybridized carbons (Fsp3) is 0.346. The van der Waals surface area contributed by atoms with Gasteiger partial charge < -0.3 is 14.5 Å². The molecule has 0 atom stereocenters. The number of aromatic nitrogens is 1. The van der Waals surface area contributed by atoms with Crippen molar-refractivity contribution in [3.05, 3.63) is 66.0 Å². The van der Waals surface area contributed by atoms with E-state index >= 15 is 0 Å². The first-order valence-corrected chi connectivity index (χ1v) is 11.6. The predicted molar refractivity (Wildman–Crippen MR) is 127 cm³/mol. The summed E-state index contributed by atoms with van der Waals surface area (Å²) in [5.41, 5.74) is 2.66. The van der Waals surface area contributed by atoms with Crippen LogP contribution in [-0.2, 0) is 9.53 Å². The number of benzene rings is 2.